The van der Waals surface area contributed by atoms with Gasteiger partial charge in [-0.3, -0.25) is 9.59 Å². The number of primary amides is 1. The first kappa shape index (κ1) is 14.7. The van der Waals surface area contributed by atoms with Crippen LogP contribution in [0.1, 0.15) is 23.2 Å². The first-order valence-corrected chi connectivity index (χ1v) is 6.83. The van der Waals surface area contributed by atoms with Crippen molar-refractivity contribution in [2.45, 2.75) is 12.8 Å². The summed E-state index contributed by atoms with van der Waals surface area (Å²) in [6.45, 7) is 1.03. The van der Waals surface area contributed by atoms with Gasteiger partial charge >= 0.3 is 0 Å². The Morgan fingerprint density at radius 3 is 2.55 bits per heavy atom. The van der Waals surface area contributed by atoms with Crippen LogP contribution in [0.3, 0.4) is 0 Å². The summed E-state index contributed by atoms with van der Waals surface area (Å²) in [6.07, 6.45) is 1.20. The van der Waals surface area contributed by atoms with Crippen LogP contribution in [0.4, 0.5) is 0 Å². The smallest absolute Gasteiger partial charge is 0.257 e. The minimum atomic E-state index is -0.294. The second-order valence-electron chi connectivity index (χ2n) is 4.81. The Balaban J connectivity index is 2.13. The number of nitrogens with zero attached hydrogens (tertiary/aromatic N) is 1. The second kappa shape index (κ2) is 6.13. The van der Waals surface area contributed by atoms with E-state index in [9.17, 15) is 9.59 Å². The minimum absolute atomic E-state index is 0.132. The van der Waals surface area contributed by atoms with Crippen LogP contribution < -0.4 is 10.5 Å². The van der Waals surface area contributed by atoms with Crippen LogP contribution in [-0.2, 0) is 4.79 Å². The lowest BCUT2D eigenvalue weighted by Gasteiger charge is -2.31. The van der Waals surface area contributed by atoms with Crippen molar-refractivity contribution in [3.8, 4) is 5.75 Å². The molecule has 20 heavy (non-hydrogen) atoms. The summed E-state index contributed by atoms with van der Waals surface area (Å²) in [4.78, 5) is 25.3. The molecule has 0 radical (unpaired) electrons. The predicted octanol–water partition coefficient (Wildman–Crippen LogP) is 1.69. The summed E-state index contributed by atoms with van der Waals surface area (Å²) >= 11 is 5.93. The number of ether oxygens (including phenoxy) is 1. The molecule has 0 saturated carbocycles. The molecule has 0 unspecified atom stereocenters. The van der Waals surface area contributed by atoms with Crippen LogP contribution in [-0.4, -0.2) is 36.9 Å². The molecule has 1 aromatic rings. The van der Waals surface area contributed by atoms with Gasteiger partial charge in [-0.15, -0.1) is 0 Å². The summed E-state index contributed by atoms with van der Waals surface area (Å²) in [7, 11) is 1.51. The monoisotopic (exact) mass is 296 g/mol. The van der Waals surface area contributed by atoms with Crippen LogP contribution in [0, 0.1) is 5.92 Å². The number of nitrogens with two attached hydrogens (primary N) is 1. The van der Waals surface area contributed by atoms with Gasteiger partial charge in [0.25, 0.3) is 5.91 Å². The Kier molecular flexibility index (Phi) is 4.49. The third kappa shape index (κ3) is 3.04. The Hall–Kier alpha value is -1.75. The van der Waals surface area contributed by atoms with Crippen molar-refractivity contribution >= 4 is 23.4 Å². The Morgan fingerprint density at radius 2 is 2.00 bits per heavy atom. The van der Waals surface area contributed by atoms with E-state index < -0.39 is 0 Å². The second-order valence-corrected chi connectivity index (χ2v) is 5.25. The summed E-state index contributed by atoms with van der Waals surface area (Å²) in [5.74, 6) is -0.0681. The lowest BCUT2D eigenvalue weighted by molar-refractivity contribution is -0.123. The number of halogens is 1. The van der Waals surface area contributed by atoms with E-state index in [1.54, 1.807) is 23.1 Å². The van der Waals surface area contributed by atoms with E-state index >= 15 is 0 Å². The average molecular weight is 297 g/mol. The van der Waals surface area contributed by atoms with Crippen LogP contribution in [0.2, 0.25) is 5.02 Å². The number of hydrogen-bond acceptors (Lipinski definition) is 3. The topological polar surface area (TPSA) is 72.6 Å². The van der Waals surface area contributed by atoms with E-state index in [2.05, 4.69) is 0 Å². The zero-order valence-corrected chi connectivity index (χ0v) is 12.0. The van der Waals surface area contributed by atoms with Crippen LogP contribution in [0.5, 0.6) is 5.75 Å². The largest absolute Gasteiger partial charge is 0.496 e. The molecule has 0 aromatic heterocycles. The zero-order valence-electron chi connectivity index (χ0n) is 11.3. The molecule has 2 N–H and O–H groups in total. The number of benzene rings is 1. The SMILES string of the molecule is COc1ccc(Cl)cc1C(=O)N1CCC(C(N)=O)CC1. The number of carbonyl (C=O) groups is 2. The van der Waals surface area contributed by atoms with Crippen LogP contribution in [0.25, 0.3) is 0 Å². The molecule has 2 amide bonds. The average Bonchev–Trinajstić information content (AvgIpc) is 2.46. The van der Waals surface area contributed by atoms with Crippen molar-refractivity contribution < 1.29 is 14.3 Å². The van der Waals surface area contributed by atoms with Crippen molar-refractivity contribution in [3.05, 3.63) is 28.8 Å². The molecule has 2 rings (SSSR count). The molecule has 1 heterocycles. The van der Waals surface area contributed by atoms with Gasteiger partial charge < -0.3 is 15.4 Å². The maximum Gasteiger partial charge on any atom is 0.257 e. The number of likely N-dealkylation sites (tertiary alicyclic amines) is 1. The van der Waals surface area contributed by atoms with E-state index in [-0.39, 0.29) is 17.7 Å². The predicted molar refractivity (Wildman–Crippen MR) is 75.8 cm³/mol. The Morgan fingerprint density at radius 1 is 1.35 bits per heavy atom. The molecule has 1 aliphatic rings. The quantitative estimate of drug-likeness (QED) is 0.922. The standard InChI is InChI=1S/C14H17ClN2O3/c1-20-12-3-2-10(15)8-11(12)14(19)17-6-4-9(5-7-17)13(16)18/h2-3,8-9H,4-7H2,1H3,(H2,16,18). The summed E-state index contributed by atoms with van der Waals surface area (Å²) < 4.78 is 5.19. The first-order valence-electron chi connectivity index (χ1n) is 6.45. The fourth-order valence-corrected chi connectivity index (χ4v) is 2.56. The maximum atomic E-state index is 12.5. The number of methoxy groups -OCH3 is 1. The lowest BCUT2D eigenvalue weighted by Crippen LogP contribution is -2.41. The van der Waals surface area contributed by atoms with Gasteiger partial charge in [-0.1, -0.05) is 11.6 Å². The van der Waals surface area contributed by atoms with Gasteiger partial charge in [-0.25, -0.2) is 0 Å². The molecule has 0 spiro atoms. The number of piperidine rings is 1. The minimum Gasteiger partial charge on any atom is -0.496 e. The van der Waals surface area contributed by atoms with Gasteiger partial charge in [0.2, 0.25) is 5.91 Å². The molecular formula is C14H17ClN2O3. The van der Waals surface area contributed by atoms with Crippen molar-refractivity contribution in [1.29, 1.82) is 0 Å². The lowest BCUT2D eigenvalue weighted by atomic mass is 9.96. The third-order valence-electron chi connectivity index (χ3n) is 3.58. The highest BCUT2D eigenvalue weighted by Crippen LogP contribution is 2.26. The molecule has 1 fully saturated rings. The number of rotatable bonds is 3. The molecule has 5 nitrogen and oxygen atoms in total. The number of carbonyl (C=O) groups excluding carboxylic acids is 2. The van der Waals surface area contributed by atoms with Crippen molar-refractivity contribution in [1.82, 2.24) is 4.90 Å². The van der Waals surface area contributed by atoms with Gasteiger partial charge in [0, 0.05) is 24.0 Å². The van der Waals surface area contributed by atoms with Crippen molar-refractivity contribution in [2.24, 2.45) is 11.7 Å². The fraction of sp³-hybridized carbons (Fsp3) is 0.429. The highest BCUT2D eigenvalue weighted by molar-refractivity contribution is 6.31. The molecule has 0 aliphatic carbocycles. The van der Waals surface area contributed by atoms with E-state index in [1.165, 1.54) is 7.11 Å². The van der Waals surface area contributed by atoms with Crippen LogP contribution >= 0.6 is 11.6 Å². The van der Waals surface area contributed by atoms with Gasteiger partial charge in [0.1, 0.15) is 5.75 Å². The molecule has 108 valence electrons. The van der Waals surface area contributed by atoms with E-state index in [0.717, 1.165) is 0 Å². The summed E-state index contributed by atoms with van der Waals surface area (Å²) in [5.41, 5.74) is 5.73. The third-order valence-corrected chi connectivity index (χ3v) is 3.81. The molecule has 0 bridgehead atoms. The maximum absolute atomic E-state index is 12.5. The zero-order chi connectivity index (χ0) is 14.7. The molecule has 6 heteroatoms. The molecular weight excluding hydrogens is 280 g/mol. The van der Waals surface area contributed by atoms with Crippen LogP contribution in [0.15, 0.2) is 18.2 Å². The summed E-state index contributed by atoms with van der Waals surface area (Å²) in [5, 5.41) is 0.487. The van der Waals surface area contributed by atoms with E-state index in [0.29, 0.717) is 42.3 Å². The first-order chi connectivity index (χ1) is 9.52. The van der Waals surface area contributed by atoms with Gasteiger partial charge in [0.05, 0.1) is 12.7 Å². The molecule has 1 saturated heterocycles. The number of amides is 2. The Bertz CT molecular complexity index is 525. The number of hydrogen-bond donors (Lipinski definition) is 1. The Labute approximate surface area is 122 Å². The van der Waals surface area contributed by atoms with Gasteiger partial charge in [0.15, 0.2) is 0 Å². The van der Waals surface area contributed by atoms with Crippen molar-refractivity contribution in [2.75, 3.05) is 20.2 Å². The molecule has 1 aromatic carbocycles. The normalized spacial score (nSPS) is 16.0. The van der Waals surface area contributed by atoms with Gasteiger partial charge in [-0.2, -0.15) is 0 Å². The molecule has 0 atom stereocenters. The highest BCUT2D eigenvalue weighted by Gasteiger charge is 2.27. The fourth-order valence-electron chi connectivity index (χ4n) is 2.38. The van der Waals surface area contributed by atoms with Crippen molar-refractivity contribution in [3.63, 3.8) is 0 Å². The molecule has 1 aliphatic heterocycles. The van der Waals surface area contributed by atoms with E-state index in [4.69, 9.17) is 22.1 Å². The summed E-state index contributed by atoms with van der Waals surface area (Å²) in [6, 6.07) is 4.95. The highest BCUT2D eigenvalue weighted by atomic mass is 35.5. The van der Waals surface area contributed by atoms with Gasteiger partial charge in [-0.05, 0) is 31.0 Å². The van der Waals surface area contributed by atoms with E-state index in [1.807, 2.05) is 0 Å².